The second-order valence-electron chi connectivity index (χ2n) is 7.29. The van der Waals surface area contributed by atoms with Crippen LogP contribution in [0.4, 0.5) is 5.69 Å². The maximum atomic E-state index is 13.3. The third-order valence-electron chi connectivity index (χ3n) is 5.20. The number of fused-ring (bicyclic) bond motifs is 1. The molecule has 3 aromatic rings. The van der Waals surface area contributed by atoms with Crippen LogP contribution in [0.5, 0.6) is 11.5 Å². The summed E-state index contributed by atoms with van der Waals surface area (Å²) in [5.41, 5.74) is 2.49. The van der Waals surface area contributed by atoms with E-state index in [4.69, 9.17) is 9.47 Å². The fraction of sp³-hybridized carbons (Fsp3) is 0.174. The lowest BCUT2D eigenvalue weighted by molar-refractivity contribution is 0.0632. The highest BCUT2D eigenvalue weighted by Gasteiger charge is 2.36. The highest BCUT2D eigenvalue weighted by Crippen LogP contribution is 2.36. The topological polar surface area (TPSA) is 97.0 Å². The summed E-state index contributed by atoms with van der Waals surface area (Å²) >= 11 is 0. The smallest absolute Gasteiger partial charge is 0.273 e. The average molecular weight is 454 g/mol. The number of nitrogens with zero attached hydrogens (tertiary/aromatic N) is 1. The van der Waals surface area contributed by atoms with Gasteiger partial charge in [0.1, 0.15) is 6.17 Å². The molecule has 166 valence electrons. The van der Waals surface area contributed by atoms with Gasteiger partial charge in [0.05, 0.1) is 24.7 Å². The number of carbonyl (C=O) groups excluding carboxylic acids is 1. The Morgan fingerprint density at radius 3 is 2.31 bits per heavy atom. The number of aryl methyl sites for hydroxylation is 1. The molecule has 32 heavy (non-hydrogen) atoms. The van der Waals surface area contributed by atoms with Crippen LogP contribution in [0, 0.1) is 6.92 Å². The highest BCUT2D eigenvalue weighted by molar-refractivity contribution is 7.89. The van der Waals surface area contributed by atoms with E-state index in [-0.39, 0.29) is 4.90 Å². The number of hydrazine groups is 1. The van der Waals surface area contributed by atoms with Gasteiger partial charge in [-0.15, -0.1) is 4.83 Å². The van der Waals surface area contributed by atoms with Gasteiger partial charge < -0.3 is 14.8 Å². The van der Waals surface area contributed by atoms with Crippen molar-refractivity contribution in [2.75, 3.05) is 19.5 Å². The summed E-state index contributed by atoms with van der Waals surface area (Å²) in [6.07, 6.45) is -0.822. The van der Waals surface area contributed by atoms with Crippen LogP contribution in [0.15, 0.2) is 71.6 Å². The molecule has 0 bridgehead atoms. The summed E-state index contributed by atoms with van der Waals surface area (Å²) in [6, 6.07) is 18.5. The first-order chi connectivity index (χ1) is 15.3. The fourth-order valence-electron chi connectivity index (χ4n) is 3.50. The molecule has 9 heteroatoms. The van der Waals surface area contributed by atoms with E-state index in [1.807, 2.05) is 6.92 Å². The summed E-state index contributed by atoms with van der Waals surface area (Å²) < 4.78 is 36.9. The molecule has 3 aromatic carbocycles. The molecule has 4 rings (SSSR count). The van der Waals surface area contributed by atoms with E-state index >= 15 is 0 Å². The molecule has 1 aliphatic heterocycles. The minimum Gasteiger partial charge on any atom is -0.493 e. The van der Waals surface area contributed by atoms with Crippen LogP contribution < -0.4 is 19.6 Å². The largest absolute Gasteiger partial charge is 0.493 e. The molecule has 0 spiro atoms. The Kier molecular flexibility index (Phi) is 5.77. The molecular formula is C23H23N3O5S. The predicted molar refractivity (Wildman–Crippen MR) is 120 cm³/mol. The van der Waals surface area contributed by atoms with Crippen LogP contribution in [0.3, 0.4) is 0 Å². The summed E-state index contributed by atoms with van der Waals surface area (Å²) in [7, 11) is -0.988. The quantitative estimate of drug-likeness (QED) is 0.593. The lowest BCUT2D eigenvalue weighted by Crippen LogP contribution is -2.52. The Hall–Kier alpha value is -3.56. The number of sulfonamides is 1. The van der Waals surface area contributed by atoms with Gasteiger partial charge in [-0.3, -0.25) is 4.79 Å². The van der Waals surface area contributed by atoms with Crippen molar-refractivity contribution in [3.63, 3.8) is 0 Å². The van der Waals surface area contributed by atoms with Gasteiger partial charge in [-0.05, 0) is 48.9 Å². The molecule has 0 aliphatic carbocycles. The van der Waals surface area contributed by atoms with Gasteiger partial charge in [0, 0.05) is 5.69 Å². The lowest BCUT2D eigenvalue weighted by Gasteiger charge is -2.37. The van der Waals surface area contributed by atoms with Gasteiger partial charge >= 0.3 is 0 Å². The van der Waals surface area contributed by atoms with Gasteiger partial charge in [0.15, 0.2) is 11.5 Å². The molecule has 0 saturated carbocycles. The Labute approximate surface area is 186 Å². The molecule has 0 aromatic heterocycles. The maximum absolute atomic E-state index is 13.3. The van der Waals surface area contributed by atoms with Crippen LogP contribution in [-0.2, 0) is 10.0 Å². The standard InChI is InChI=1S/C23H23N3O5S/c1-15-8-11-17(12-9-15)32(28,29)25-26-22(16-10-13-20(30-2)21(14-16)31-3)24-19-7-5-4-6-18(19)23(26)27/h4-14,22,24-25H,1-3H3/t22-/m1/s1. The second-order valence-corrected chi connectivity index (χ2v) is 8.95. The minimum atomic E-state index is -4.02. The van der Waals surface area contributed by atoms with Crippen molar-refractivity contribution in [1.29, 1.82) is 0 Å². The summed E-state index contributed by atoms with van der Waals surface area (Å²) in [5, 5.41) is 4.33. The first-order valence-corrected chi connectivity index (χ1v) is 11.3. The lowest BCUT2D eigenvalue weighted by atomic mass is 10.0. The third-order valence-corrected chi connectivity index (χ3v) is 6.53. The molecule has 2 N–H and O–H groups in total. The number of anilines is 1. The summed E-state index contributed by atoms with van der Waals surface area (Å²) in [5.74, 6) is 0.500. The Balaban J connectivity index is 1.78. The molecule has 1 amide bonds. The normalized spacial score (nSPS) is 15.7. The number of nitrogens with one attached hydrogen (secondary N) is 2. The Morgan fingerprint density at radius 2 is 1.62 bits per heavy atom. The first-order valence-electron chi connectivity index (χ1n) is 9.84. The number of ether oxygens (including phenoxy) is 2. The van der Waals surface area contributed by atoms with Crippen molar-refractivity contribution in [3.05, 3.63) is 83.4 Å². The third kappa shape index (κ3) is 4.00. The minimum absolute atomic E-state index is 0.0563. The number of carbonyl (C=O) groups is 1. The van der Waals surface area contributed by atoms with Gasteiger partial charge in [-0.1, -0.05) is 35.9 Å². The first kappa shape index (κ1) is 21.7. The number of methoxy groups -OCH3 is 2. The summed E-state index contributed by atoms with van der Waals surface area (Å²) in [6.45, 7) is 1.87. The van der Waals surface area contributed by atoms with Gasteiger partial charge in [0.2, 0.25) is 0 Å². The number of para-hydroxylation sites is 1. The van der Waals surface area contributed by atoms with E-state index in [9.17, 15) is 13.2 Å². The van der Waals surface area contributed by atoms with E-state index in [2.05, 4.69) is 10.1 Å². The number of benzene rings is 3. The van der Waals surface area contributed by atoms with E-state index < -0.39 is 22.1 Å². The van der Waals surface area contributed by atoms with Gasteiger partial charge in [-0.2, -0.15) is 0 Å². The maximum Gasteiger partial charge on any atom is 0.273 e. The van der Waals surface area contributed by atoms with Gasteiger partial charge in [0.25, 0.3) is 15.9 Å². The van der Waals surface area contributed by atoms with Crippen LogP contribution in [0.2, 0.25) is 0 Å². The molecule has 0 unspecified atom stereocenters. The molecule has 0 radical (unpaired) electrons. The number of hydrogen-bond acceptors (Lipinski definition) is 6. The summed E-state index contributed by atoms with van der Waals surface area (Å²) in [4.78, 5) is 15.9. The Bertz CT molecular complexity index is 1260. The predicted octanol–water partition coefficient (Wildman–Crippen LogP) is 3.47. The van der Waals surface area contributed by atoms with Crippen LogP contribution in [0.1, 0.15) is 27.7 Å². The molecule has 1 aliphatic rings. The van der Waals surface area contributed by atoms with Crippen LogP contribution in [-0.4, -0.2) is 33.6 Å². The van der Waals surface area contributed by atoms with Gasteiger partial charge in [-0.25, -0.2) is 13.4 Å². The van der Waals surface area contributed by atoms with E-state index in [1.54, 1.807) is 54.6 Å². The fourth-order valence-corrected chi connectivity index (χ4v) is 4.55. The van der Waals surface area contributed by atoms with Crippen molar-refractivity contribution in [2.45, 2.75) is 18.0 Å². The van der Waals surface area contributed by atoms with E-state index in [0.29, 0.717) is 28.3 Å². The zero-order chi connectivity index (χ0) is 22.9. The average Bonchev–Trinajstić information content (AvgIpc) is 2.80. The molecular weight excluding hydrogens is 430 g/mol. The van der Waals surface area contributed by atoms with E-state index in [1.165, 1.54) is 26.4 Å². The SMILES string of the molecule is COc1ccc([C@@H]2Nc3ccccc3C(=O)N2NS(=O)(=O)c2ccc(C)cc2)cc1OC. The molecule has 0 fully saturated rings. The monoisotopic (exact) mass is 453 g/mol. The molecule has 0 saturated heterocycles. The number of hydrogen-bond donors (Lipinski definition) is 2. The zero-order valence-corrected chi connectivity index (χ0v) is 18.6. The van der Waals surface area contributed by atoms with Crippen molar-refractivity contribution in [3.8, 4) is 11.5 Å². The second kappa shape index (κ2) is 8.52. The molecule has 8 nitrogen and oxygen atoms in total. The van der Waals surface area contributed by atoms with Crippen molar-refractivity contribution < 1.29 is 22.7 Å². The van der Waals surface area contributed by atoms with Crippen molar-refractivity contribution >= 4 is 21.6 Å². The van der Waals surface area contributed by atoms with Crippen molar-refractivity contribution in [1.82, 2.24) is 9.84 Å². The molecule has 1 atom stereocenters. The molecule has 1 heterocycles. The zero-order valence-electron chi connectivity index (χ0n) is 17.8. The number of rotatable bonds is 6. The van der Waals surface area contributed by atoms with Crippen LogP contribution >= 0.6 is 0 Å². The van der Waals surface area contributed by atoms with Crippen molar-refractivity contribution in [2.24, 2.45) is 0 Å². The highest BCUT2D eigenvalue weighted by atomic mass is 32.2. The number of amides is 1. The van der Waals surface area contributed by atoms with E-state index in [0.717, 1.165) is 10.6 Å². The van der Waals surface area contributed by atoms with Crippen LogP contribution in [0.25, 0.3) is 0 Å². The Morgan fingerprint density at radius 1 is 0.938 bits per heavy atom.